The Hall–Kier alpha value is -0.920. The van der Waals surface area contributed by atoms with Crippen molar-refractivity contribution in [2.45, 2.75) is 33.6 Å². The minimum Gasteiger partial charge on any atom is -0.207 e. The second kappa shape index (κ2) is 5.68. The van der Waals surface area contributed by atoms with Gasteiger partial charge in [0.15, 0.2) is 0 Å². The van der Waals surface area contributed by atoms with Crippen molar-refractivity contribution in [3.05, 3.63) is 35.4 Å². The molecule has 0 aliphatic carbocycles. The fraction of sp³-hybridized carbons (Fsp3) is 0.455. The lowest BCUT2D eigenvalue weighted by Gasteiger charge is -2.06. The van der Waals surface area contributed by atoms with Gasteiger partial charge in [0.05, 0.1) is 0 Å². The summed E-state index contributed by atoms with van der Waals surface area (Å²) in [4.78, 5) is 0. The largest absolute Gasteiger partial charge is 0.207 e. The highest BCUT2D eigenvalue weighted by molar-refractivity contribution is 5.22. The molecular weight excluding hydrogens is 170 g/mol. The molecule has 1 aromatic carbocycles. The van der Waals surface area contributed by atoms with E-state index in [2.05, 4.69) is 0 Å². The Morgan fingerprint density at radius 3 is 1.62 bits per heavy atom. The first kappa shape index (κ1) is 12.1. The molecule has 0 aliphatic heterocycles. The molecule has 0 amide bonds. The summed E-state index contributed by atoms with van der Waals surface area (Å²) in [6.45, 7) is 7.53. The molecule has 0 unspecified atom stereocenters. The van der Waals surface area contributed by atoms with Gasteiger partial charge in [-0.3, -0.25) is 0 Å². The van der Waals surface area contributed by atoms with Gasteiger partial charge in [-0.1, -0.05) is 33.8 Å². The van der Waals surface area contributed by atoms with E-state index in [0.29, 0.717) is 0 Å². The predicted molar refractivity (Wildman–Crippen MR) is 51.8 cm³/mol. The first-order chi connectivity index (χ1) is 6.13. The van der Waals surface area contributed by atoms with E-state index in [1.54, 1.807) is 13.8 Å². The van der Waals surface area contributed by atoms with Crippen molar-refractivity contribution in [2.75, 3.05) is 0 Å². The van der Waals surface area contributed by atoms with Crippen LogP contribution in [0.15, 0.2) is 18.2 Å². The Morgan fingerprint density at radius 2 is 1.38 bits per heavy atom. The second-order valence-corrected chi connectivity index (χ2v) is 2.79. The smallest absolute Gasteiger partial charge is 0.129 e. The molecule has 0 aliphatic rings. The van der Waals surface area contributed by atoms with E-state index in [4.69, 9.17) is 0 Å². The number of halogens is 2. The van der Waals surface area contributed by atoms with Crippen molar-refractivity contribution < 1.29 is 8.78 Å². The van der Waals surface area contributed by atoms with Crippen LogP contribution in [0.3, 0.4) is 0 Å². The van der Waals surface area contributed by atoms with Crippen LogP contribution >= 0.6 is 0 Å². The van der Waals surface area contributed by atoms with Crippen LogP contribution in [-0.2, 0) is 0 Å². The highest BCUT2D eigenvalue weighted by Gasteiger charge is 2.10. The van der Waals surface area contributed by atoms with Gasteiger partial charge in [0.1, 0.15) is 11.6 Å². The molecule has 0 N–H and O–H groups in total. The van der Waals surface area contributed by atoms with Crippen molar-refractivity contribution in [1.29, 1.82) is 0 Å². The molecule has 1 rings (SSSR count). The van der Waals surface area contributed by atoms with Crippen LogP contribution in [0.25, 0.3) is 0 Å². The van der Waals surface area contributed by atoms with Crippen LogP contribution in [0, 0.1) is 11.6 Å². The molecule has 0 heterocycles. The average Bonchev–Trinajstić information content (AvgIpc) is 2.07. The van der Waals surface area contributed by atoms with Gasteiger partial charge < -0.3 is 0 Å². The molecule has 0 saturated carbocycles. The minimum absolute atomic E-state index is 0.101. The normalized spacial score (nSPS) is 9.46. The average molecular weight is 186 g/mol. The van der Waals surface area contributed by atoms with Gasteiger partial charge >= 0.3 is 0 Å². The quantitative estimate of drug-likeness (QED) is 0.619. The maximum absolute atomic E-state index is 12.9. The Bertz CT molecular complexity index is 234. The SMILES string of the molecule is CC.CC(C)c1c(F)cccc1F. The highest BCUT2D eigenvalue weighted by Crippen LogP contribution is 2.20. The van der Waals surface area contributed by atoms with Gasteiger partial charge in [0.25, 0.3) is 0 Å². The van der Waals surface area contributed by atoms with Gasteiger partial charge in [-0.2, -0.15) is 0 Å². The van der Waals surface area contributed by atoms with Crippen molar-refractivity contribution in [3.8, 4) is 0 Å². The maximum atomic E-state index is 12.9. The number of benzene rings is 1. The molecule has 1 aromatic rings. The van der Waals surface area contributed by atoms with Gasteiger partial charge in [-0.25, -0.2) is 8.78 Å². The fourth-order valence-corrected chi connectivity index (χ4v) is 1.06. The molecule has 0 nitrogen and oxygen atoms in total. The zero-order valence-corrected chi connectivity index (χ0v) is 8.57. The summed E-state index contributed by atoms with van der Waals surface area (Å²) in [7, 11) is 0. The lowest BCUT2D eigenvalue weighted by atomic mass is 10.0. The summed E-state index contributed by atoms with van der Waals surface area (Å²) in [6.07, 6.45) is 0. The van der Waals surface area contributed by atoms with E-state index in [-0.39, 0.29) is 11.5 Å². The van der Waals surface area contributed by atoms with Crippen LogP contribution < -0.4 is 0 Å². The van der Waals surface area contributed by atoms with E-state index in [9.17, 15) is 8.78 Å². The Balaban J connectivity index is 0.000000671. The van der Waals surface area contributed by atoms with Crippen molar-refractivity contribution in [3.63, 3.8) is 0 Å². The zero-order chi connectivity index (χ0) is 10.4. The first-order valence-electron chi connectivity index (χ1n) is 4.57. The molecular formula is C11H16F2. The molecule has 2 heteroatoms. The van der Waals surface area contributed by atoms with Gasteiger partial charge in [-0.15, -0.1) is 0 Å². The Kier molecular flexibility index (Phi) is 5.28. The van der Waals surface area contributed by atoms with Crippen LogP contribution in [0.1, 0.15) is 39.2 Å². The molecule has 0 bridgehead atoms. The first-order valence-corrected chi connectivity index (χ1v) is 4.57. The van der Waals surface area contributed by atoms with Crippen LogP contribution in [0.2, 0.25) is 0 Å². The summed E-state index contributed by atoms with van der Waals surface area (Å²) in [6, 6.07) is 3.92. The summed E-state index contributed by atoms with van der Waals surface area (Å²) < 4.78 is 25.7. The van der Waals surface area contributed by atoms with Crippen LogP contribution in [0.4, 0.5) is 8.78 Å². The third-order valence-corrected chi connectivity index (χ3v) is 1.58. The highest BCUT2D eigenvalue weighted by atomic mass is 19.1. The second-order valence-electron chi connectivity index (χ2n) is 2.79. The van der Waals surface area contributed by atoms with Gasteiger partial charge in [0, 0.05) is 5.56 Å². The molecule has 0 fully saturated rings. The van der Waals surface area contributed by atoms with Crippen molar-refractivity contribution in [2.24, 2.45) is 0 Å². The van der Waals surface area contributed by atoms with Crippen molar-refractivity contribution in [1.82, 2.24) is 0 Å². The summed E-state index contributed by atoms with van der Waals surface area (Å²) in [5.41, 5.74) is 0.174. The predicted octanol–water partition coefficient (Wildman–Crippen LogP) is 4.11. The number of hydrogen-bond donors (Lipinski definition) is 0. The third-order valence-electron chi connectivity index (χ3n) is 1.58. The van der Waals surface area contributed by atoms with Crippen LogP contribution in [0.5, 0.6) is 0 Å². The van der Waals surface area contributed by atoms with Gasteiger partial charge in [0.2, 0.25) is 0 Å². The lowest BCUT2D eigenvalue weighted by molar-refractivity contribution is 0.542. The molecule has 74 valence electrons. The molecule has 0 aromatic heterocycles. The molecule has 0 saturated heterocycles. The van der Waals surface area contributed by atoms with E-state index >= 15 is 0 Å². The molecule has 0 spiro atoms. The van der Waals surface area contributed by atoms with Crippen molar-refractivity contribution >= 4 is 0 Å². The topological polar surface area (TPSA) is 0 Å². The monoisotopic (exact) mass is 186 g/mol. The Morgan fingerprint density at radius 1 is 1.00 bits per heavy atom. The van der Waals surface area contributed by atoms with E-state index < -0.39 is 11.6 Å². The third kappa shape index (κ3) is 3.13. The summed E-state index contributed by atoms with van der Waals surface area (Å²) in [5, 5.41) is 0. The van der Waals surface area contributed by atoms with E-state index in [1.807, 2.05) is 13.8 Å². The number of rotatable bonds is 1. The van der Waals surface area contributed by atoms with Gasteiger partial charge in [-0.05, 0) is 18.1 Å². The minimum atomic E-state index is -0.458. The molecule has 13 heavy (non-hydrogen) atoms. The maximum Gasteiger partial charge on any atom is 0.129 e. The zero-order valence-electron chi connectivity index (χ0n) is 8.57. The van der Waals surface area contributed by atoms with Crippen LogP contribution in [-0.4, -0.2) is 0 Å². The van der Waals surface area contributed by atoms with E-state index in [0.717, 1.165) is 0 Å². The number of hydrogen-bond acceptors (Lipinski definition) is 0. The molecule has 0 atom stereocenters. The summed E-state index contributed by atoms with van der Waals surface area (Å²) in [5.74, 6) is -1.02. The lowest BCUT2D eigenvalue weighted by Crippen LogP contribution is -1.96. The molecule has 0 radical (unpaired) electrons. The summed E-state index contributed by atoms with van der Waals surface area (Å²) >= 11 is 0. The fourth-order valence-electron chi connectivity index (χ4n) is 1.06. The van der Waals surface area contributed by atoms with E-state index in [1.165, 1.54) is 18.2 Å². The standard InChI is InChI=1S/C9H10F2.C2H6/c1-6(2)9-7(10)4-3-5-8(9)11;1-2/h3-6H,1-2H3;1-2H3. The Labute approximate surface area is 78.6 Å².